The molecule has 4 aromatic rings. The van der Waals surface area contributed by atoms with Crippen LogP contribution in [0.3, 0.4) is 0 Å². The molecule has 1 aromatic carbocycles. The van der Waals surface area contributed by atoms with Gasteiger partial charge < -0.3 is 16.0 Å². The minimum absolute atomic E-state index is 0.129. The Morgan fingerprint density at radius 2 is 1.96 bits per heavy atom. The molecule has 8 nitrogen and oxygen atoms in total. The first-order valence-corrected chi connectivity index (χ1v) is 8.18. The van der Waals surface area contributed by atoms with Crippen molar-refractivity contribution in [2.45, 2.75) is 18.3 Å². The van der Waals surface area contributed by atoms with Gasteiger partial charge in [0.05, 0.1) is 23.3 Å². The van der Waals surface area contributed by atoms with E-state index >= 15 is 0 Å². The Balaban J connectivity index is 0.000000167. The van der Waals surface area contributed by atoms with Crippen molar-refractivity contribution in [1.82, 2.24) is 30.1 Å². The third-order valence-corrected chi connectivity index (χ3v) is 4.06. The second-order valence-electron chi connectivity index (χ2n) is 6.07. The molecule has 1 fully saturated rings. The van der Waals surface area contributed by atoms with Crippen LogP contribution in [0, 0.1) is 0 Å². The van der Waals surface area contributed by atoms with Gasteiger partial charge in [0.2, 0.25) is 5.95 Å². The Morgan fingerprint density at radius 1 is 1.15 bits per heavy atom. The molecule has 0 unspecified atom stereocenters. The van der Waals surface area contributed by atoms with E-state index in [1.807, 2.05) is 24.3 Å². The summed E-state index contributed by atoms with van der Waals surface area (Å²) in [6.45, 7) is 0. The molecule has 5 rings (SSSR count). The van der Waals surface area contributed by atoms with Crippen LogP contribution in [-0.4, -0.2) is 36.1 Å². The lowest BCUT2D eigenvalue weighted by Gasteiger charge is -2.00. The first-order chi connectivity index (χ1) is 13.0. The van der Waals surface area contributed by atoms with Crippen molar-refractivity contribution in [2.75, 3.05) is 11.1 Å². The number of nitrogens with one attached hydrogen (secondary N) is 3. The SMILES string of the molecule is Nc1nccc(Nc2cc([C@@H]3CC3(F)F)[nH]n2)n1.c1ccc2[nH]cnc2c1. The second kappa shape index (κ2) is 6.63. The maximum absolute atomic E-state index is 12.9. The Labute approximate surface area is 152 Å². The molecule has 1 atom stereocenters. The molecule has 1 aliphatic carbocycles. The van der Waals surface area contributed by atoms with Crippen molar-refractivity contribution in [1.29, 1.82) is 0 Å². The molecule has 5 N–H and O–H groups in total. The van der Waals surface area contributed by atoms with E-state index in [1.54, 1.807) is 18.5 Å². The van der Waals surface area contributed by atoms with Crippen molar-refractivity contribution >= 4 is 28.6 Å². The molecule has 0 amide bonds. The van der Waals surface area contributed by atoms with Gasteiger partial charge >= 0.3 is 0 Å². The number of hydrogen-bond donors (Lipinski definition) is 4. The Kier molecular flexibility index (Phi) is 4.15. The zero-order valence-corrected chi connectivity index (χ0v) is 14.0. The molecular formula is C17H16F2N8. The van der Waals surface area contributed by atoms with E-state index in [-0.39, 0.29) is 12.4 Å². The number of imidazole rings is 1. The second-order valence-corrected chi connectivity index (χ2v) is 6.07. The maximum Gasteiger partial charge on any atom is 0.257 e. The largest absolute Gasteiger partial charge is 0.368 e. The van der Waals surface area contributed by atoms with Crippen molar-refractivity contribution in [3.8, 4) is 0 Å². The highest BCUT2D eigenvalue weighted by Crippen LogP contribution is 2.55. The lowest BCUT2D eigenvalue weighted by molar-refractivity contribution is 0.111. The average Bonchev–Trinajstić information content (AvgIpc) is 3.03. The summed E-state index contributed by atoms with van der Waals surface area (Å²) in [5, 5.41) is 9.35. The van der Waals surface area contributed by atoms with Gasteiger partial charge in [-0.1, -0.05) is 12.1 Å². The normalized spacial score (nSPS) is 17.2. The van der Waals surface area contributed by atoms with E-state index in [0.717, 1.165) is 11.0 Å². The highest BCUT2D eigenvalue weighted by Gasteiger charge is 2.58. The molecule has 27 heavy (non-hydrogen) atoms. The summed E-state index contributed by atoms with van der Waals surface area (Å²) in [6, 6.07) is 11.1. The average molecular weight is 370 g/mol. The molecular weight excluding hydrogens is 354 g/mol. The number of rotatable bonds is 3. The molecule has 3 heterocycles. The molecule has 1 saturated carbocycles. The number of nitrogen functional groups attached to an aromatic ring is 1. The van der Waals surface area contributed by atoms with Gasteiger partial charge in [0.25, 0.3) is 5.92 Å². The van der Waals surface area contributed by atoms with Gasteiger partial charge in [-0.05, 0) is 18.2 Å². The topological polar surface area (TPSA) is 121 Å². The van der Waals surface area contributed by atoms with E-state index in [2.05, 4.69) is 35.5 Å². The van der Waals surface area contributed by atoms with Crippen LogP contribution in [0.25, 0.3) is 11.0 Å². The summed E-state index contributed by atoms with van der Waals surface area (Å²) in [4.78, 5) is 14.7. The number of alkyl halides is 2. The number of H-pyrrole nitrogens is 2. The molecule has 0 radical (unpaired) electrons. The number of halogens is 2. The van der Waals surface area contributed by atoms with Gasteiger partial charge in [0, 0.05) is 24.4 Å². The summed E-state index contributed by atoms with van der Waals surface area (Å²) >= 11 is 0. The number of para-hydroxylation sites is 2. The number of nitrogens with two attached hydrogens (primary N) is 1. The molecule has 10 heteroatoms. The van der Waals surface area contributed by atoms with Crippen LogP contribution in [0.2, 0.25) is 0 Å². The Morgan fingerprint density at radius 3 is 2.70 bits per heavy atom. The summed E-state index contributed by atoms with van der Waals surface area (Å²) in [6.07, 6.45) is 3.06. The monoisotopic (exact) mass is 370 g/mol. The molecule has 0 spiro atoms. The number of fused-ring (bicyclic) bond motifs is 1. The minimum atomic E-state index is -2.61. The first-order valence-electron chi connectivity index (χ1n) is 8.18. The van der Waals surface area contributed by atoms with Crippen LogP contribution in [0.5, 0.6) is 0 Å². The summed E-state index contributed by atoms with van der Waals surface area (Å²) in [5.41, 5.74) is 7.96. The predicted octanol–water partition coefficient (Wildman–Crippen LogP) is 3.21. The molecule has 0 bridgehead atoms. The molecule has 0 saturated heterocycles. The van der Waals surface area contributed by atoms with E-state index in [4.69, 9.17) is 5.73 Å². The number of aromatic nitrogens is 6. The highest BCUT2D eigenvalue weighted by atomic mass is 19.3. The lowest BCUT2D eigenvalue weighted by atomic mass is 10.3. The van der Waals surface area contributed by atoms with Crippen LogP contribution in [0.1, 0.15) is 18.0 Å². The number of nitrogens with zero attached hydrogens (tertiary/aromatic N) is 4. The van der Waals surface area contributed by atoms with Gasteiger partial charge in [-0.2, -0.15) is 10.1 Å². The Hall–Kier alpha value is -3.56. The van der Waals surface area contributed by atoms with Crippen LogP contribution < -0.4 is 11.1 Å². The smallest absolute Gasteiger partial charge is 0.257 e. The van der Waals surface area contributed by atoms with Crippen LogP contribution in [0.15, 0.2) is 48.9 Å². The van der Waals surface area contributed by atoms with Crippen LogP contribution in [-0.2, 0) is 0 Å². The fraction of sp³-hybridized carbons (Fsp3) is 0.176. The van der Waals surface area contributed by atoms with Crippen LogP contribution in [0.4, 0.5) is 26.4 Å². The van der Waals surface area contributed by atoms with Crippen LogP contribution >= 0.6 is 0 Å². The van der Waals surface area contributed by atoms with Gasteiger partial charge in [0.1, 0.15) is 5.82 Å². The summed E-state index contributed by atoms with van der Waals surface area (Å²) < 4.78 is 25.7. The van der Waals surface area contributed by atoms with Gasteiger partial charge in [-0.15, -0.1) is 0 Å². The number of aromatic amines is 2. The standard InChI is InChI=1S/C10H10F2N6.C7H6N2/c11-10(12)4-5(10)6-3-8(18-17-6)15-7-1-2-14-9(13)16-7;1-2-4-7-6(3-1)8-5-9-7/h1-3,5H,4H2,(H4,13,14,15,16,17,18);1-5H,(H,8,9)/t5-;/m0./s1. The summed E-state index contributed by atoms with van der Waals surface area (Å²) in [5.74, 6) is -2.35. The van der Waals surface area contributed by atoms with E-state index in [9.17, 15) is 8.78 Å². The summed E-state index contributed by atoms with van der Waals surface area (Å²) in [7, 11) is 0. The zero-order valence-electron chi connectivity index (χ0n) is 14.0. The number of anilines is 3. The lowest BCUT2D eigenvalue weighted by Crippen LogP contribution is -1.99. The zero-order chi connectivity index (χ0) is 18.9. The first kappa shape index (κ1) is 16.9. The molecule has 138 valence electrons. The van der Waals surface area contributed by atoms with Crippen molar-refractivity contribution in [3.63, 3.8) is 0 Å². The maximum atomic E-state index is 12.9. The molecule has 1 aliphatic rings. The van der Waals surface area contributed by atoms with Gasteiger partial charge in [-0.25, -0.2) is 18.7 Å². The fourth-order valence-corrected chi connectivity index (χ4v) is 2.58. The van der Waals surface area contributed by atoms with E-state index < -0.39 is 11.8 Å². The Bertz CT molecular complexity index is 1030. The third kappa shape index (κ3) is 3.84. The van der Waals surface area contributed by atoms with Crippen molar-refractivity contribution in [3.05, 3.63) is 54.6 Å². The predicted molar refractivity (Wildman–Crippen MR) is 96.7 cm³/mol. The number of hydrogen-bond acceptors (Lipinski definition) is 6. The van der Waals surface area contributed by atoms with E-state index in [0.29, 0.717) is 17.3 Å². The van der Waals surface area contributed by atoms with Crippen molar-refractivity contribution in [2.24, 2.45) is 0 Å². The highest BCUT2D eigenvalue weighted by molar-refractivity contribution is 5.73. The molecule has 0 aliphatic heterocycles. The van der Waals surface area contributed by atoms with Gasteiger partial charge in [0.15, 0.2) is 5.82 Å². The molecule has 3 aromatic heterocycles. The fourth-order valence-electron chi connectivity index (χ4n) is 2.58. The quantitative estimate of drug-likeness (QED) is 0.439. The van der Waals surface area contributed by atoms with Crippen molar-refractivity contribution < 1.29 is 8.78 Å². The minimum Gasteiger partial charge on any atom is -0.368 e. The van der Waals surface area contributed by atoms with E-state index in [1.165, 1.54) is 6.20 Å². The third-order valence-electron chi connectivity index (χ3n) is 4.06. The van der Waals surface area contributed by atoms with Gasteiger partial charge in [-0.3, -0.25) is 5.10 Å². The number of benzene rings is 1.